The molecule has 1 saturated carbocycles. The van der Waals surface area contributed by atoms with Crippen LogP contribution >= 0.6 is 22.6 Å². The zero-order chi connectivity index (χ0) is 14.4. The third-order valence-electron chi connectivity index (χ3n) is 3.58. The molecule has 1 aliphatic carbocycles. The van der Waals surface area contributed by atoms with Gasteiger partial charge in [0.15, 0.2) is 5.78 Å². The summed E-state index contributed by atoms with van der Waals surface area (Å²) < 4.78 is 5.77. The number of ether oxygens (including phenoxy) is 1. The van der Waals surface area contributed by atoms with Crippen molar-refractivity contribution in [3.8, 4) is 0 Å². The average molecular weight is 384 g/mol. The molecular formula is C16H17IO3. The first-order valence-electron chi connectivity index (χ1n) is 6.67. The van der Waals surface area contributed by atoms with Crippen molar-refractivity contribution in [2.75, 3.05) is 11.0 Å². The lowest BCUT2D eigenvalue weighted by molar-refractivity contribution is -0.156. The molecule has 0 N–H and O–H groups in total. The standard InChI is InChI=1S/C16H17IO3/c17-12-16(10-4-9-14(16)18)15(19)20-11-5-8-13-6-2-1-3-7-13/h1-3,5-8H,4,9-12H2/b8-5+. The summed E-state index contributed by atoms with van der Waals surface area (Å²) in [5.74, 6) is -0.337. The summed E-state index contributed by atoms with van der Waals surface area (Å²) in [6.07, 6.45) is 5.61. The van der Waals surface area contributed by atoms with Gasteiger partial charge in [-0.25, -0.2) is 0 Å². The molecule has 4 heteroatoms. The van der Waals surface area contributed by atoms with E-state index in [0.717, 1.165) is 12.0 Å². The molecule has 106 valence electrons. The minimum atomic E-state index is -0.888. The Labute approximate surface area is 132 Å². The van der Waals surface area contributed by atoms with Gasteiger partial charge in [-0.2, -0.15) is 0 Å². The molecule has 0 amide bonds. The molecule has 0 radical (unpaired) electrons. The number of alkyl halides is 1. The second-order valence-corrected chi connectivity index (χ2v) is 5.67. The number of carbonyl (C=O) groups excluding carboxylic acids is 2. The van der Waals surface area contributed by atoms with Gasteiger partial charge in [0.1, 0.15) is 12.0 Å². The normalized spacial score (nSPS) is 22.4. The Kier molecular flexibility index (Phi) is 5.34. The Balaban J connectivity index is 1.89. The fourth-order valence-electron chi connectivity index (χ4n) is 2.35. The van der Waals surface area contributed by atoms with Gasteiger partial charge in [0.2, 0.25) is 0 Å². The maximum absolute atomic E-state index is 12.1. The minimum Gasteiger partial charge on any atom is -0.461 e. The van der Waals surface area contributed by atoms with Gasteiger partial charge in [0, 0.05) is 10.8 Å². The molecular weight excluding hydrogens is 367 g/mol. The van der Waals surface area contributed by atoms with E-state index in [2.05, 4.69) is 22.6 Å². The number of rotatable bonds is 5. The van der Waals surface area contributed by atoms with E-state index in [-0.39, 0.29) is 18.4 Å². The van der Waals surface area contributed by atoms with Crippen LogP contribution in [0.25, 0.3) is 6.08 Å². The van der Waals surface area contributed by atoms with Crippen molar-refractivity contribution in [3.63, 3.8) is 0 Å². The van der Waals surface area contributed by atoms with Crippen molar-refractivity contribution in [2.24, 2.45) is 5.41 Å². The first-order valence-corrected chi connectivity index (χ1v) is 8.20. The molecule has 2 rings (SSSR count). The highest BCUT2D eigenvalue weighted by atomic mass is 127. The van der Waals surface area contributed by atoms with Crippen LogP contribution in [0.15, 0.2) is 36.4 Å². The summed E-state index contributed by atoms with van der Waals surface area (Å²) in [5.41, 5.74) is 0.172. The number of carbonyl (C=O) groups is 2. The molecule has 20 heavy (non-hydrogen) atoms. The fraction of sp³-hybridized carbons (Fsp3) is 0.375. The topological polar surface area (TPSA) is 43.4 Å². The Morgan fingerprint density at radius 2 is 2.10 bits per heavy atom. The average Bonchev–Trinajstić information content (AvgIpc) is 2.86. The van der Waals surface area contributed by atoms with Crippen molar-refractivity contribution in [1.29, 1.82) is 0 Å². The minimum absolute atomic E-state index is 0.0314. The smallest absolute Gasteiger partial charge is 0.320 e. The predicted molar refractivity (Wildman–Crippen MR) is 86.6 cm³/mol. The van der Waals surface area contributed by atoms with E-state index >= 15 is 0 Å². The first-order chi connectivity index (χ1) is 9.69. The predicted octanol–water partition coefficient (Wildman–Crippen LogP) is 3.42. The molecule has 0 bridgehead atoms. The van der Waals surface area contributed by atoms with E-state index in [1.165, 1.54) is 0 Å². The molecule has 1 aromatic carbocycles. The second kappa shape index (κ2) is 7.02. The number of esters is 1. The van der Waals surface area contributed by atoms with Crippen molar-refractivity contribution >= 4 is 40.4 Å². The van der Waals surface area contributed by atoms with Gasteiger partial charge in [-0.3, -0.25) is 9.59 Å². The van der Waals surface area contributed by atoms with Crippen LogP contribution in [0.1, 0.15) is 24.8 Å². The molecule has 0 spiro atoms. The zero-order valence-corrected chi connectivity index (χ0v) is 13.3. The van der Waals surface area contributed by atoms with Crippen LogP contribution in [0, 0.1) is 5.41 Å². The lowest BCUT2D eigenvalue weighted by Crippen LogP contribution is -2.38. The van der Waals surface area contributed by atoms with Gasteiger partial charge in [-0.15, -0.1) is 0 Å². The van der Waals surface area contributed by atoms with Gasteiger partial charge in [0.25, 0.3) is 0 Å². The summed E-state index contributed by atoms with van der Waals surface area (Å²) in [6.45, 7) is 0.208. The molecule has 3 nitrogen and oxygen atoms in total. The zero-order valence-electron chi connectivity index (χ0n) is 11.2. The highest BCUT2D eigenvalue weighted by molar-refractivity contribution is 14.1. The molecule has 0 saturated heterocycles. The van der Waals surface area contributed by atoms with E-state index < -0.39 is 5.41 Å². The number of benzene rings is 1. The monoisotopic (exact) mass is 384 g/mol. The number of hydrogen-bond donors (Lipinski definition) is 0. The molecule has 1 fully saturated rings. The third-order valence-corrected chi connectivity index (χ3v) is 4.88. The Morgan fingerprint density at radius 1 is 1.35 bits per heavy atom. The van der Waals surface area contributed by atoms with Gasteiger partial charge >= 0.3 is 5.97 Å². The maximum Gasteiger partial charge on any atom is 0.320 e. The molecule has 1 unspecified atom stereocenters. The molecule has 0 heterocycles. The van der Waals surface area contributed by atoms with E-state index in [0.29, 0.717) is 17.3 Å². The van der Waals surface area contributed by atoms with Crippen molar-refractivity contribution in [3.05, 3.63) is 42.0 Å². The summed E-state index contributed by atoms with van der Waals surface area (Å²) in [5, 5.41) is 0. The highest BCUT2D eigenvalue weighted by Crippen LogP contribution is 2.37. The van der Waals surface area contributed by atoms with Crippen LogP contribution in [0.2, 0.25) is 0 Å². The summed E-state index contributed by atoms with van der Waals surface area (Å²) in [7, 11) is 0. The Bertz CT molecular complexity index is 510. The van der Waals surface area contributed by atoms with Gasteiger partial charge in [0.05, 0.1) is 0 Å². The molecule has 1 aromatic rings. The lowest BCUT2D eigenvalue weighted by atomic mass is 9.88. The number of ketones is 1. The van der Waals surface area contributed by atoms with Crippen LogP contribution in [0.5, 0.6) is 0 Å². The van der Waals surface area contributed by atoms with E-state index in [1.807, 2.05) is 36.4 Å². The van der Waals surface area contributed by atoms with Crippen LogP contribution in [0.4, 0.5) is 0 Å². The number of halogens is 1. The summed E-state index contributed by atoms with van der Waals surface area (Å²) >= 11 is 2.10. The molecule has 0 aliphatic heterocycles. The highest BCUT2D eigenvalue weighted by Gasteiger charge is 2.48. The summed E-state index contributed by atoms with van der Waals surface area (Å²) in [6, 6.07) is 9.81. The first kappa shape index (κ1) is 15.2. The third kappa shape index (κ3) is 3.29. The van der Waals surface area contributed by atoms with Crippen LogP contribution in [-0.2, 0) is 14.3 Å². The maximum atomic E-state index is 12.1. The van der Waals surface area contributed by atoms with E-state index in [9.17, 15) is 9.59 Å². The molecule has 1 aliphatic rings. The number of Topliss-reactive ketones (excluding diaryl/α,β-unsaturated/α-hetero) is 1. The van der Waals surface area contributed by atoms with Crippen LogP contribution in [-0.4, -0.2) is 22.8 Å². The molecule has 1 atom stereocenters. The van der Waals surface area contributed by atoms with Crippen LogP contribution in [0.3, 0.4) is 0 Å². The Morgan fingerprint density at radius 3 is 2.70 bits per heavy atom. The van der Waals surface area contributed by atoms with E-state index in [1.54, 1.807) is 6.08 Å². The Hall–Kier alpha value is -1.17. The van der Waals surface area contributed by atoms with Crippen molar-refractivity contribution in [1.82, 2.24) is 0 Å². The van der Waals surface area contributed by atoms with Gasteiger partial charge < -0.3 is 4.74 Å². The van der Waals surface area contributed by atoms with E-state index in [4.69, 9.17) is 4.74 Å². The summed E-state index contributed by atoms with van der Waals surface area (Å²) in [4.78, 5) is 24.0. The quantitative estimate of drug-likeness (QED) is 0.338. The lowest BCUT2D eigenvalue weighted by Gasteiger charge is -2.21. The van der Waals surface area contributed by atoms with Gasteiger partial charge in [-0.1, -0.05) is 59.0 Å². The second-order valence-electron chi connectivity index (χ2n) is 4.90. The fourth-order valence-corrected chi connectivity index (χ4v) is 3.47. The largest absolute Gasteiger partial charge is 0.461 e. The molecule has 0 aromatic heterocycles. The van der Waals surface area contributed by atoms with Crippen LogP contribution < -0.4 is 0 Å². The van der Waals surface area contributed by atoms with Crippen molar-refractivity contribution in [2.45, 2.75) is 19.3 Å². The van der Waals surface area contributed by atoms with Crippen molar-refractivity contribution < 1.29 is 14.3 Å². The number of hydrogen-bond acceptors (Lipinski definition) is 3. The van der Waals surface area contributed by atoms with Gasteiger partial charge in [-0.05, 0) is 24.5 Å². The SMILES string of the molecule is O=C1CCCC1(CI)C(=O)OC/C=C/c1ccccc1.